The minimum absolute atomic E-state index is 0.118. The van der Waals surface area contributed by atoms with Crippen molar-refractivity contribution >= 4 is 28.2 Å². The number of carbonyl (C=O) groups is 2. The van der Waals surface area contributed by atoms with E-state index < -0.39 is 11.9 Å². The van der Waals surface area contributed by atoms with E-state index in [0.717, 1.165) is 11.3 Å². The van der Waals surface area contributed by atoms with E-state index in [2.05, 4.69) is 10.3 Å². The second-order valence-corrected chi connectivity index (χ2v) is 4.44. The lowest BCUT2D eigenvalue weighted by molar-refractivity contribution is 0.0702. The number of carboxylic acid groups (broad SMARTS) is 1. The number of rotatable bonds is 3. The van der Waals surface area contributed by atoms with Crippen LogP contribution < -0.4 is 10.9 Å². The molecule has 6 nitrogen and oxygen atoms in total. The minimum atomic E-state index is -1.05. The Morgan fingerprint density at radius 2 is 2.00 bits per heavy atom. The van der Waals surface area contributed by atoms with Crippen LogP contribution in [0, 0.1) is 0 Å². The predicted octanol–water partition coefficient (Wildman–Crippen LogP) is 1.39. The third kappa shape index (κ3) is 2.64. The van der Waals surface area contributed by atoms with E-state index in [9.17, 15) is 14.4 Å². The number of aromatic amines is 1. The van der Waals surface area contributed by atoms with Crippen molar-refractivity contribution in [3.05, 3.63) is 51.3 Å². The lowest BCUT2D eigenvalue weighted by Crippen LogP contribution is -2.17. The minimum Gasteiger partial charge on any atom is -0.477 e. The second kappa shape index (κ2) is 4.84. The van der Waals surface area contributed by atoms with Gasteiger partial charge in [-0.2, -0.15) is 0 Å². The van der Waals surface area contributed by atoms with Gasteiger partial charge in [0, 0.05) is 6.07 Å². The smallest absolute Gasteiger partial charge is 0.345 e. The van der Waals surface area contributed by atoms with Gasteiger partial charge in [-0.1, -0.05) is 6.07 Å². The Kier molecular flexibility index (Phi) is 3.24. The Bertz CT molecular complexity index is 659. The van der Waals surface area contributed by atoms with Gasteiger partial charge in [-0.05, 0) is 18.2 Å². The normalized spacial score (nSPS) is 10.0. The molecule has 0 unspecified atom stereocenters. The lowest BCUT2D eigenvalue weighted by Gasteiger charge is -2.01. The number of carboxylic acids is 1. The maximum atomic E-state index is 11.7. The summed E-state index contributed by atoms with van der Waals surface area (Å²) in [5.74, 6) is -1.54. The van der Waals surface area contributed by atoms with Crippen LogP contribution in [0.5, 0.6) is 0 Å². The molecule has 3 N–H and O–H groups in total. The molecule has 2 aromatic rings. The molecule has 0 saturated carbocycles. The van der Waals surface area contributed by atoms with Crippen molar-refractivity contribution in [1.82, 2.24) is 4.98 Å². The van der Waals surface area contributed by atoms with Crippen LogP contribution in [0.3, 0.4) is 0 Å². The van der Waals surface area contributed by atoms with Crippen molar-refractivity contribution in [3.63, 3.8) is 0 Å². The van der Waals surface area contributed by atoms with E-state index in [4.69, 9.17) is 5.11 Å². The Balaban J connectivity index is 2.16. The van der Waals surface area contributed by atoms with Crippen molar-refractivity contribution in [2.75, 3.05) is 5.32 Å². The molecule has 0 spiro atoms. The molecular weight excluding hydrogens is 256 g/mol. The maximum Gasteiger partial charge on any atom is 0.345 e. The van der Waals surface area contributed by atoms with Gasteiger partial charge in [-0.15, -0.1) is 11.3 Å². The van der Waals surface area contributed by atoms with Gasteiger partial charge < -0.3 is 15.4 Å². The molecule has 2 heterocycles. The molecule has 0 radical (unpaired) electrons. The molecule has 92 valence electrons. The Hall–Kier alpha value is -2.41. The average Bonchev–Trinajstić information content (AvgIpc) is 2.77. The number of nitrogens with one attached hydrogen (secondary N) is 2. The summed E-state index contributed by atoms with van der Waals surface area (Å²) in [7, 11) is 0. The van der Waals surface area contributed by atoms with E-state index in [-0.39, 0.29) is 16.1 Å². The number of aromatic nitrogens is 1. The first kappa shape index (κ1) is 12.1. The fraction of sp³-hybridized carbons (Fsp3) is 0. The third-order valence-corrected chi connectivity index (χ3v) is 3.06. The predicted molar refractivity (Wildman–Crippen MR) is 66.3 cm³/mol. The summed E-state index contributed by atoms with van der Waals surface area (Å²) in [5.41, 5.74) is -0.257. The zero-order chi connectivity index (χ0) is 13.1. The summed E-state index contributed by atoms with van der Waals surface area (Å²) >= 11 is 0.945. The van der Waals surface area contributed by atoms with E-state index in [1.54, 1.807) is 0 Å². The van der Waals surface area contributed by atoms with Gasteiger partial charge in [0.25, 0.3) is 5.91 Å². The van der Waals surface area contributed by atoms with Crippen LogP contribution in [-0.4, -0.2) is 22.0 Å². The van der Waals surface area contributed by atoms with Crippen LogP contribution in [-0.2, 0) is 0 Å². The third-order valence-electron chi connectivity index (χ3n) is 2.07. The first-order valence-corrected chi connectivity index (χ1v) is 5.72. The summed E-state index contributed by atoms with van der Waals surface area (Å²) < 4.78 is 0. The van der Waals surface area contributed by atoms with Crippen molar-refractivity contribution in [3.8, 4) is 0 Å². The van der Waals surface area contributed by atoms with Gasteiger partial charge in [-0.25, -0.2) is 4.79 Å². The standard InChI is InChI=1S/C11H8N2O4S/c14-8-3-1-2-6(12-8)10(15)13-9-5-4-7(18-9)11(16)17/h1-5H,(H,12,14)(H,13,15)(H,16,17). The monoisotopic (exact) mass is 264 g/mol. The van der Waals surface area contributed by atoms with Crippen LogP contribution in [0.15, 0.2) is 35.1 Å². The summed E-state index contributed by atoms with van der Waals surface area (Å²) in [6.07, 6.45) is 0. The topological polar surface area (TPSA) is 99.3 Å². The van der Waals surface area contributed by atoms with Gasteiger partial charge >= 0.3 is 5.97 Å². The first-order valence-electron chi connectivity index (χ1n) is 4.90. The highest BCUT2D eigenvalue weighted by Crippen LogP contribution is 2.22. The van der Waals surface area contributed by atoms with E-state index in [0.29, 0.717) is 5.00 Å². The zero-order valence-corrected chi connectivity index (χ0v) is 9.78. The van der Waals surface area contributed by atoms with Crippen LogP contribution >= 0.6 is 11.3 Å². The number of pyridine rings is 1. The number of carbonyl (C=O) groups excluding carboxylic acids is 1. The van der Waals surface area contributed by atoms with Crippen LogP contribution in [0.2, 0.25) is 0 Å². The highest BCUT2D eigenvalue weighted by atomic mass is 32.1. The van der Waals surface area contributed by atoms with Crippen molar-refractivity contribution < 1.29 is 14.7 Å². The number of thiophene rings is 1. The zero-order valence-electron chi connectivity index (χ0n) is 8.97. The summed E-state index contributed by atoms with van der Waals surface area (Å²) in [4.78, 5) is 35.9. The largest absolute Gasteiger partial charge is 0.477 e. The van der Waals surface area contributed by atoms with Gasteiger partial charge in [0.05, 0.1) is 5.00 Å². The van der Waals surface area contributed by atoms with E-state index >= 15 is 0 Å². The Morgan fingerprint density at radius 1 is 1.22 bits per heavy atom. The lowest BCUT2D eigenvalue weighted by atomic mass is 10.3. The van der Waals surface area contributed by atoms with Crippen LogP contribution in [0.25, 0.3) is 0 Å². The molecule has 0 aliphatic heterocycles. The number of amides is 1. The van der Waals surface area contributed by atoms with Crippen LogP contribution in [0.4, 0.5) is 5.00 Å². The molecule has 7 heteroatoms. The molecular formula is C11H8N2O4S. The number of hydrogen-bond acceptors (Lipinski definition) is 4. The molecule has 0 bridgehead atoms. The number of hydrogen-bond donors (Lipinski definition) is 3. The molecule has 0 fully saturated rings. The summed E-state index contributed by atoms with van der Waals surface area (Å²) in [6, 6.07) is 7.11. The fourth-order valence-electron chi connectivity index (χ4n) is 1.28. The van der Waals surface area contributed by atoms with Gasteiger partial charge in [0.2, 0.25) is 5.56 Å². The van der Waals surface area contributed by atoms with Crippen molar-refractivity contribution in [1.29, 1.82) is 0 Å². The molecule has 0 saturated heterocycles. The fourth-order valence-corrected chi connectivity index (χ4v) is 2.02. The number of aromatic carboxylic acids is 1. The molecule has 1 amide bonds. The molecule has 2 rings (SSSR count). The molecule has 0 aliphatic rings. The number of H-pyrrole nitrogens is 1. The summed E-state index contributed by atoms with van der Waals surface area (Å²) in [5, 5.41) is 11.6. The SMILES string of the molecule is O=C(Nc1ccc(C(=O)O)s1)c1cccc(=O)[nH]1. The van der Waals surface area contributed by atoms with Gasteiger partial charge in [0.1, 0.15) is 10.6 Å². The second-order valence-electron chi connectivity index (χ2n) is 3.35. The molecule has 0 aliphatic carbocycles. The molecule has 0 atom stereocenters. The van der Waals surface area contributed by atoms with Crippen molar-refractivity contribution in [2.24, 2.45) is 0 Å². The highest BCUT2D eigenvalue weighted by Gasteiger charge is 2.11. The first-order chi connectivity index (χ1) is 8.56. The highest BCUT2D eigenvalue weighted by molar-refractivity contribution is 7.18. The summed E-state index contributed by atoms with van der Waals surface area (Å²) in [6.45, 7) is 0. The Labute approximate surface area is 105 Å². The Morgan fingerprint density at radius 3 is 2.61 bits per heavy atom. The van der Waals surface area contributed by atoms with Gasteiger partial charge in [0.15, 0.2) is 0 Å². The van der Waals surface area contributed by atoms with Gasteiger partial charge in [-0.3, -0.25) is 9.59 Å². The number of anilines is 1. The maximum absolute atomic E-state index is 11.7. The average molecular weight is 264 g/mol. The quantitative estimate of drug-likeness (QED) is 0.779. The van der Waals surface area contributed by atoms with Crippen LogP contribution in [0.1, 0.15) is 20.2 Å². The molecule has 2 aromatic heterocycles. The van der Waals surface area contributed by atoms with E-state index in [1.165, 1.54) is 30.3 Å². The van der Waals surface area contributed by atoms with E-state index in [1.807, 2.05) is 0 Å². The molecule has 18 heavy (non-hydrogen) atoms. The van der Waals surface area contributed by atoms with Crippen molar-refractivity contribution in [2.45, 2.75) is 0 Å². The molecule has 0 aromatic carbocycles.